The summed E-state index contributed by atoms with van der Waals surface area (Å²) in [5.41, 5.74) is -0.709. The average Bonchev–Trinajstić information content (AvgIpc) is 2.28. The van der Waals surface area contributed by atoms with E-state index in [-0.39, 0.29) is 12.8 Å². The van der Waals surface area contributed by atoms with E-state index in [1.807, 2.05) is 6.92 Å². The summed E-state index contributed by atoms with van der Waals surface area (Å²) in [6.45, 7) is 3.86. The fourth-order valence-corrected chi connectivity index (χ4v) is 1.86. The van der Waals surface area contributed by atoms with Crippen molar-refractivity contribution in [3.63, 3.8) is 0 Å². The summed E-state index contributed by atoms with van der Waals surface area (Å²) in [6.07, 6.45) is -5.10. The molecule has 0 heterocycles. The average molecular weight is 276 g/mol. The van der Waals surface area contributed by atoms with Crippen LogP contribution in [0.1, 0.15) is 38.7 Å². The molecule has 0 fully saturated rings. The molecule has 0 bridgehead atoms. The molecule has 1 atom stereocenters. The highest BCUT2D eigenvalue weighted by molar-refractivity contribution is 5.31. The van der Waals surface area contributed by atoms with Crippen molar-refractivity contribution in [1.29, 1.82) is 0 Å². The summed E-state index contributed by atoms with van der Waals surface area (Å²) >= 11 is 0. The molecule has 0 saturated heterocycles. The number of rotatable bonds is 6. The van der Waals surface area contributed by atoms with Crippen LogP contribution in [-0.2, 0) is 5.60 Å². The molecule has 2 nitrogen and oxygen atoms in total. The van der Waals surface area contributed by atoms with E-state index >= 15 is 0 Å². The van der Waals surface area contributed by atoms with E-state index < -0.39 is 18.2 Å². The van der Waals surface area contributed by atoms with Crippen molar-refractivity contribution in [1.82, 2.24) is 0 Å². The van der Waals surface area contributed by atoms with Gasteiger partial charge < -0.3 is 9.84 Å². The third kappa shape index (κ3) is 5.51. The van der Waals surface area contributed by atoms with Crippen LogP contribution in [0.4, 0.5) is 13.2 Å². The maximum Gasteiger partial charge on any atom is 0.389 e. The van der Waals surface area contributed by atoms with E-state index in [9.17, 15) is 18.3 Å². The van der Waals surface area contributed by atoms with Crippen LogP contribution in [0.2, 0.25) is 0 Å². The molecule has 1 N–H and O–H groups in total. The Kier molecular flexibility index (Phi) is 5.23. The third-order valence-electron chi connectivity index (χ3n) is 2.89. The number of ether oxygens (including phenoxy) is 1. The number of hydrogen-bond donors (Lipinski definition) is 1. The van der Waals surface area contributed by atoms with Crippen LogP contribution in [0.3, 0.4) is 0 Å². The predicted molar refractivity (Wildman–Crippen MR) is 67.1 cm³/mol. The van der Waals surface area contributed by atoms with Gasteiger partial charge in [-0.05, 0) is 44.4 Å². The molecule has 0 aromatic heterocycles. The van der Waals surface area contributed by atoms with Gasteiger partial charge in [-0.25, -0.2) is 0 Å². The van der Waals surface area contributed by atoms with Crippen molar-refractivity contribution in [3.05, 3.63) is 29.8 Å². The summed E-state index contributed by atoms with van der Waals surface area (Å²) in [5.74, 6) is 0.607. The number of aliphatic hydroxyl groups is 1. The molecule has 0 amide bonds. The Morgan fingerprint density at radius 3 is 2.47 bits per heavy atom. The van der Waals surface area contributed by atoms with Crippen molar-refractivity contribution >= 4 is 0 Å². The van der Waals surface area contributed by atoms with E-state index in [4.69, 9.17) is 4.74 Å². The molecule has 0 aliphatic heterocycles. The Morgan fingerprint density at radius 1 is 1.21 bits per heavy atom. The molecule has 5 heteroatoms. The van der Waals surface area contributed by atoms with Crippen LogP contribution < -0.4 is 4.74 Å². The highest BCUT2D eigenvalue weighted by Crippen LogP contribution is 2.31. The first-order valence-electron chi connectivity index (χ1n) is 6.27. The number of hydrogen-bond acceptors (Lipinski definition) is 2. The maximum atomic E-state index is 12.1. The standard InChI is InChI=1S/C14H19F3O2/c1-3-19-12-7-4-6-11(10-12)13(2,18)8-5-9-14(15,16)17/h4,6-7,10,18H,3,5,8-9H2,1-2H3. The van der Waals surface area contributed by atoms with Gasteiger partial charge in [0, 0.05) is 6.42 Å². The summed E-state index contributed by atoms with van der Waals surface area (Å²) in [6, 6.07) is 6.82. The van der Waals surface area contributed by atoms with Crippen molar-refractivity contribution in [2.24, 2.45) is 0 Å². The lowest BCUT2D eigenvalue weighted by Gasteiger charge is -2.24. The third-order valence-corrected chi connectivity index (χ3v) is 2.89. The second-order valence-electron chi connectivity index (χ2n) is 4.70. The molecule has 19 heavy (non-hydrogen) atoms. The van der Waals surface area contributed by atoms with E-state index in [1.165, 1.54) is 6.92 Å². The lowest BCUT2D eigenvalue weighted by molar-refractivity contribution is -0.137. The molecule has 1 aromatic carbocycles. The largest absolute Gasteiger partial charge is 0.494 e. The van der Waals surface area contributed by atoms with E-state index in [2.05, 4.69) is 0 Å². The van der Waals surface area contributed by atoms with Gasteiger partial charge in [-0.15, -0.1) is 0 Å². The summed E-state index contributed by atoms with van der Waals surface area (Å²) in [5, 5.41) is 10.3. The number of halogens is 3. The van der Waals surface area contributed by atoms with Crippen LogP contribution in [0.5, 0.6) is 5.75 Å². The van der Waals surface area contributed by atoms with Gasteiger partial charge in [0.1, 0.15) is 5.75 Å². The Hall–Kier alpha value is -1.23. The minimum absolute atomic E-state index is 0.0576. The first-order valence-corrected chi connectivity index (χ1v) is 6.27. The highest BCUT2D eigenvalue weighted by atomic mass is 19.4. The normalized spacial score (nSPS) is 15.1. The van der Waals surface area contributed by atoms with Gasteiger partial charge in [0.15, 0.2) is 0 Å². The van der Waals surface area contributed by atoms with Gasteiger partial charge in [-0.1, -0.05) is 12.1 Å². The predicted octanol–water partition coefficient (Wildman–Crippen LogP) is 4.03. The monoisotopic (exact) mass is 276 g/mol. The quantitative estimate of drug-likeness (QED) is 0.850. The van der Waals surface area contributed by atoms with Crippen LogP contribution in [0, 0.1) is 0 Å². The van der Waals surface area contributed by atoms with Crippen molar-refractivity contribution in [2.75, 3.05) is 6.61 Å². The Balaban J connectivity index is 2.68. The van der Waals surface area contributed by atoms with Gasteiger partial charge in [-0.2, -0.15) is 13.2 Å². The van der Waals surface area contributed by atoms with Crippen molar-refractivity contribution < 1.29 is 23.0 Å². The van der Waals surface area contributed by atoms with Gasteiger partial charge >= 0.3 is 6.18 Å². The lowest BCUT2D eigenvalue weighted by atomic mass is 9.90. The highest BCUT2D eigenvalue weighted by Gasteiger charge is 2.29. The Bertz CT molecular complexity index is 400. The molecule has 0 spiro atoms. The van der Waals surface area contributed by atoms with Gasteiger partial charge in [0.05, 0.1) is 12.2 Å². The molecule has 1 aromatic rings. The number of benzene rings is 1. The summed E-state index contributed by atoms with van der Waals surface area (Å²) < 4.78 is 41.6. The first-order chi connectivity index (χ1) is 8.74. The van der Waals surface area contributed by atoms with Crippen LogP contribution in [0.15, 0.2) is 24.3 Å². The first kappa shape index (κ1) is 15.8. The Labute approximate surface area is 111 Å². The number of alkyl halides is 3. The smallest absolute Gasteiger partial charge is 0.389 e. The molecule has 0 aliphatic carbocycles. The molecule has 1 rings (SSSR count). The topological polar surface area (TPSA) is 29.5 Å². The zero-order chi connectivity index (χ0) is 14.5. The zero-order valence-corrected chi connectivity index (χ0v) is 11.1. The molecule has 0 saturated carbocycles. The van der Waals surface area contributed by atoms with Gasteiger partial charge in [-0.3, -0.25) is 0 Å². The molecule has 108 valence electrons. The zero-order valence-electron chi connectivity index (χ0n) is 11.1. The van der Waals surface area contributed by atoms with E-state index in [0.29, 0.717) is 17.9 Å². The second-order valence-corrected chi connectivity index (χ2v) is 4.70. The van der Waals surface area contributed by atoms with Gasteiger partial charge in [0.2, 0.25) is 0 Å². The second kappa shape index (κ2) is 6.28. The van der Waals surface area contributed by atoms with Crippen LogP contribution >= 0.6 is 0 Å². The molecular formula is C14H19F3O2. The molecule has 0 radical (unpaired) electrons. The SMILES string of the molecule is CCOc1cccc(C(C)(O)CCCC(F)(F)F)c1. The minimum atomic E-state index is -4.18. The van der Waals surface area contributed by atoms with E-state index in [1.54, 1.807) is 24.3 Å². The van der Waals surface area contributed by atoms with Crippen LogP contribution in [-0.4, -0.2) is 17.9 Å². The van der Waals surface area contributed by atoms with Crippen molar-refractivity contribution in [3.8, 4) is 5.75 Å². The van der Waals surface area contributed by atoms with Crippen LogP contribution in [0.25, 0.3) is 0 Å². The maximum absolute atomic E-state index is 12.1. The minimum Gasteiger partial charge on any atom is -0.494 e. The van der Waals surface area contributed by atoms with Crippen molar-refractivity contribution in [2.45, 2.75) is 44.9 Å². The summed E-state index contributed by atoms with van der Waals surface area (Å²) in [7, 11) is 0. The fourth-order valence-electron chi connectivity index (χ4n) is 1.86. The lowest BCUT2D eigenvalue weighted by Crippen LogP contribution is -2.22. The molecule has 0 aliphatic rings. The molecule has 1 unspecified atom stereocenters. The fraction of sp³-hybridized carbons (Fsp3) is 0.571. The Morgan fingerprint density at radius 2 is 1.89 bits per heavy atom. The van der Waals surface area contributed by atoms with E-state index in [0.717, 1.165) is 0 Å². The van der Waals surface area contributed by atoms with Gasteiger partial charge in [0.25, 0.3) is 0 Å². The molecular weight excluding hydrogens is 257 g/mol. The summed E-state index contributed by atoms with van der Waals surface area (Å²) in [4.78, 5) is 0.